The van der Waals surface area contributed by atoms with Gasteiger partial charge in [0.2, 0.25) is 0 Å². The molecule has 0 aliphatic heterocycles. The molecule has 0 bridgehead atoms. The van der Waals surface area contributed by atoms with Crippen molar-refractivity contribution in [3.8, 4) is 11.3 Å². The Labute approximate surface area is 181 Å². The predicted molar refractivity (Wildman–Crippen MR) is 109 cm³/mol. The Kier molecular flexibility index (Phi) is 6.66. The van der Waals surface area contributed by atoms with Gasteiger partial charge in [-0.3, -0.25) is 20.4 Å². The zero-order chi connectivity index (χ0) is 22.5. The van der Waals surface area contributed by atoms with Crippen LogP contribution in [0.2, 0.25) is 5.02 Å². The van der Waals surface area contributed by atoms with Crippen molar-refractivity contribution in [1.29, 1.82) is 0 Å². The van der Waals surface area contributed by atoms with E-state index in [4.69, 9.17) is 20.9 Å². The monoisotopic (exact) mass is 445 g/mol. The van der Waals surface area contributed by atoms with Crippen molar-refractivity contribution in [2.75, 3.05) is 6.61 Å². The van der Waals surface area contributed by atoms with Crippen LogP contribution in [-0.4, -0.2) is 29.5 Å². The number of halogens is 2. The third-order valence-electron chi connectivity index (χ3n) is 4.23. The molecule has 0 aliphatic carbocycles. The normalized spacial score (nSPS) is 10.5. The highest BCUT2D eigenvalue weighted by Crippen LogP contribution is 2.33. The van der Waals surface area contributed by atoms with E-state index in [-0.39, 0.29) is 27.6 Å². The van der Waals surface area contributed by atoms with E-state index in [0.717, 1.165) is 11.6 Å². The van der Waals surface area contributed by atoms with Gasteiger partial charge in [-0.15, -0.1) is 0 Å². The number of benzene rings is 2. The van der Waals surface area contributed by atoms with Gasteiger partial charge in [-0.25, -0.2) is 9.18 Å². The van der Waals surface area contributed by atoms with Crippen LogP contribution in [0.4, 0.5) is 4.39 Å². The van der Waals surface area contributed by atoms with Crippen LogP contribution in [0, 0.1) is 19.7 Å². The molecule has 0 aliphatic rings. The summed E-state index contributed by atoms with van der Waals surface area (Å²) < 4.78 is 24.2. The number of aromatic nitrogens is 1. The Hall–Kier alpha value is -3.72. The number of hydrazine groups is 1. The molecule has 0 spiro atoms. The minimum Gasteiger partial charge on any atom is -0.452 e. The van der Waals surface area contributed by atoms with E-state index < -0.39 is 30.2 Å². The molecule has 160 valence electrons. The van der Waals surface area contributed by atoms with Crippen molar-refractivity contribution in [3.05, 3.63) is 75.8 Å². The highest BCUT2D eigenvalue weighted by molar-refractivity contribution is 6.33. The molecule has 31 heavy (non-hydrogen) atoms. The first-order chi connectivity index (χ1) is 14.8. The maximum atomic E-state index is 14.2. The number of nitrogens with zero attached hydrogens (tertiary/aromatic N) is 1. The number of hydrogen-bond donors (Lipinski definition) is 2. The first kappa shape index (κ1) is 22.0. The van der Waals surface area contributed by atoms with Crippen LogP contribution in [0.15, 0.2) is 47.0 Å². The Morgan fingerprint density at radius 3 is 2.48 bits per heavy atom. The summed E-state index contributed by atoms with van der Waals surface area (Å²) in [4.78, 5) is 36.4. The number of rotatable bonds is 5. The number of esters is 1. The Balaban J connectivity index is 1.62. The topological polar surface area (TPSA) is 111 Å². The molecule has 2 amide bonds. The lowest BCUT2D eigenvalue weighted by molar-refractivity contribution is -0.125. The molecular formula is C21H17ClFN3O5. The quantitative estimate of drug-likeness (QED) is 0.460. The van der Waals surface area contributed by atoms with Crippen molar-refractivity contribution in [2.24, 2.45) is 0 Å². The molecule has 0 radical (unpaired) electrons. The van der Waals surface area contributed by atoms with Crippen LogP contribution in [0.5, 0.6) is 0 Å². The number of ether oxygens (including phenoxy) is 1. The molecule has 3 aromatic rings. The van der Waals surface area contributed by atoms with Crippen LogP contribution < -0.4 is 10.9 Å². The highest BCUT2D eigenvalue weighted by atomic mass is 35.5. The summed E-state index contributed by atoms with van der Waals surface area (Å²) in [5, 5.41) is 3.72. The van der Waals surface area contributed by atoms with Crippen LogP contribution in [-0.2, 0) is 9.53 Å². The number of carbonyl (C=O) groups excluding carboxylic acids is 3. The lowest BCUT2D eigenvalue weighted by Gasteiger charge is -2.09. The third kappa shape index (κ3) is 5.07. The lowest BCUT2D eigenvalue weighted by atomic mass is 10.1. The summed E-state index contributed by atoms with van der Waals surface area (Å²) in [6.07, 6.45) is 0. The SMILES string of the molecule is Cc1ccc(C(=O)NNC(=O)COC(=O)c2c(-c3c(F)cccc3Cl)noc2C)cc1. The molecule has 1 aromatic heterocycles. The minimum absolute atomic E-state index is 0.0268. The number of nitrogens with one attached hydrogen (secondary N) is 2. The van der Waals surface area contributed by atoms with Gasteiger partial charge < -0.3 is 9.26 Å². The summed E-state index contributed by atoms with van der Waals surface area (Å²) >= 11 is 6.03. The molecule has 1 heterocycles. The summed E-state index contributed by atoms with van der Waals surface area (Å²) in [6, 6.07) is 10.7. The van der Waals surface area contributed by atoms with Gasteiger partial charge in [0.1, 0.15) is 22.8 Å². The zero-order valence-corrected chi connectivity index (χ0v) is 17.2. The molecule has 0 atom stereocenters. The Morgan fingerprint density at radius 1 is 1.10 bits per heavy atom. The molecule has 2 N–H and O–H groups in total. The van der Waals surface area contributed by atoms with Crippen molar-refractivity contribution in [2.45, 2.75) is 13.8 Å². The summed E-state index contributed by atoms with van der Waals surface area (Å²) in [6.45, 7) is 2.60. The van der Waals surface area contributed by atoms with Gasteiger partial charge in [-0.05, 0) is 38.1 Å². The predicted octanol–water partition coefficient (Wildman–Crippen LogP) is 3.37. The summed E-state index contributed by atoms with van der Waals surface area (Å²) in [5.74, 6) is -2.92. The van der Waals surface area contributed by atoms with E-state index in [9.17, 15) is 18.8 Å². The number of hydrogen-bond acceptors (Lipinski definition) is 6. The smallest absolute Gasteiger partial charge is 0.344 e. The molecule has 0 saturated heterocycles. The van der Waals surface area contributed by atoms with Crippen LogP contribution in [0.25, 0.3) is 11.3 Å². The fourth-order valence-electron chi connectivity index (χ4n) is 2.65. The standard InChI is InChI=1S/C21H17ClFN3O5/c1-11-6-8-13(9-7-11)20(28)25-24-16(27)10-30-21(29)17-12(2)31-26-19(17)18-14(22)4-3-5-15(18)23/h3-9H,10H2,1-2H3,(H,24,27)(H,25,28). The Bertz CT molecular complexity index is 1120. The fourth-order valence-corrected chi connectivity index (χ4v) is 2.90. The molecule has 8 nitrogen and oxygen atoms in total. The molecule has 0 unspecified atom stereocenters. The second-order valence-electron chi connectivity index (χ2n) is 6.50. The molecular weight excluding hydrogens is 429 g/mol. The highest BCUT2D eigenvalue weighted by Gasteiger charge is 2.27. The van der Waals surface area contributed by atoms with Crippen molar-refractivity contribution in [1.82, 2.24) is 16.0 Å². The first-order valence-corrected chi connectivity index (χ1v) is 9.39. The third-order valence-corrected chi connectivity index (χ3v) is 4.54. The van der Waals surface area contributed by atoms with Gasteiger partial charge in [0.15, 0.2) is 6.61 Å². The number of amides is 2. The maximum Gasteiger partial charge on any atom is 0.344 e. The molecule has 0 fully saturated rings. The summed E-state index contributed by atoms with van der Waals surface area (Å²) in [5.41, 5.74) is 5.25. The average molecular weight is 446 g/mol. The Morgan fingerprint density at radius 2 is 1.81 bits per heavy atom. The van der Waals surface area contributed by atoms with E-state index in [0.29, 0.717) is 5.56 Å². The van der Waals surface area contributed by atoms with Gasteiger partial charge in [0, 0.05) is 5.56 Å². The molecule has 0 saturated carbocycles. The van der Waals surface area contributed by atoms with E-state index in [1.165, 1.54) is 19.1 Å². The fraction of sp³-hybridized carbons (Fsp3) is 0.143. The van der Waals surface area contributed by atoms with Crippen molar-refractivity contribution >= 4 is 29.4 Å². The van der Waals surface area contributed by atoms with Gasteiger partial charge in [0.05, 0.1) is 10.6 Å². The van der Waals surface area contributed by atoms with Crippen LogP contribution in [0.3, 0.4) is 0 Å². The second kappa shape index (κ2) is 9.40. The number of aryl methyl sites for hydroxylation is 2. The first-order valence-electron chi connectivity index (χ1n) is 9.01. The van der Waals surface area contributed by atoms with Crippen molar-refractivity contribution in [3.63, 3.8) is 0 Å². The number of carbonyl (C=O) groups is 3. The largest absolute Gasteiger partial charge is 0.452 e. The summed E-state index contributed by atoms with van der Waals surface area (Å²) in [7, 11) is 0. The van der Waals surface area contributed by atoms with E-state index in [1.807, 2.05) is 6.92 Å². The zero-order valence-electron chi connectivity index (χ0n) is 16.5. The molecule has 2 aromatic carbocycles. The molecule has 10 heteroatoms. The van der Waals surface area contributed by atoms with E-state index in [1.54, 1.807) is 24.3 Å². The van der Waals surface area contributed by atoms with Gasteiger partial charge in [0.25, 0.3) is 11.8 Å². The average Bonchev–Trinajstić information content (AvgIpc) is 3.11. The van der Waals surface area contributed by atoms with Gasteiger partial charge >= 0.3 is 5.97 Å². The van der Waals surface area contributed by atoms with Crippen molar-refractivity contribution < 1.29 is 28.0 Å². The second-order valence-corrected chi connectivity index (χ2v) is 6.91. The lowest BCUT2D eigenvalue weighted by Crippen LogP contribution is -2.43. The van der Waals surface area contributed by atoms with E-state index in [2.05, 4.69) is 16.0 Å². The minimum atomic E-state index is -0.965. The van der Waals surface area contributed by atoms with Crippen LogP contribution >= 0.6 is 11.6 Å². The molecule has 3 rings (SSSR count). The van der Waals surface area contributed by atoms with E-state index >= 15 is 0 Å². The maximum absolute atomic E-state index is 14.2. The van der Waals surface area contributed by atoms with Crippen LogP contribution in [0.1, 0.15) is 32.0 Å². The van der Waals surface area contributed by atoms with Gasteiger partial charge in [-0.2, -0.15) is 0 Å². The van der Waals surface area contributed by atoms with Gasteiger partial charge in [-0.1, -0.05) is 40.5 Å².